The Balaban J connectivity index is 1.98. The Morgan fingerprint density at radius 1 is 1.08 bits per heavy atom. The number of nitriles is 1. The summed E-state index contributed by atoms with van der Waals surface area (Å²) < 4.78 is 0. The first-order valence-electron chi connectivity index (χ1n) is 7.19. The summed E-state index contributed by atoms with van der Waals surface area (Å²) in [4.78, 5) is 24.0. The van der Waals surface area contributed by atoms with Crippen LogP contribution in [0.5, 0.6) is 0 Å². The van der Waals surface area contributed by atoms with Crippen LogP contribution < -0.4 is 16.4 Å². The largest absolute Gasteiger partial charge is 0.398 e. The van der Waals surface area contributed by atoms with E-state index in [1.165, 1.54) is 0 Å². The summed E-state index contributed by atoms with van der Waals surface area (Å²) >= 11 is 0. The van der Waals surface area contributed by atoms with E-state index < -0.39 is 11.8 Å². The second kappa shape index (κ2) is 8.15. The topological polar surface area (TPSA) is 108 Å². The highest BCUT2D eigenvalue weighted by atomic mass is 16.2. The lowest BCUT2D eigenvalue weighted by Gasteiger charge is -2.06. The van der Waals surface area contributed by atoms with Crippen molar-refractivity contribution in [3.05, 3.63) is 77.5 Å². The molecule has 24 heavy (non-hydrogen) atoms. The van der Waals surface area contributed by atoms with Crippen LogP contribution in [0.4, 0.5) is 5.69 Å². The van der Waals surface area contributed by atoms with Gasteiger partial charge in [0.15, 0.2) is 0 Å². The molecule has 6 nitrogen and oxygen atoms in total. The van der Waals surface area contributed by atoms with Crippen LogP contribution in [0.25, 0.3) is 0 Å². The molecule has 0 heterocycles. The molecule has 0 atom stereocenters. The fourth-order valence-corrected chi connectivity index (χ4v) is 1.94. The van der Waals surface area contributed by atoms with Gasteiger partial charge in [-0.1, -0.05) is 42.5 Å². The van der Waals surface area contributed by atoms with Crippen molar-refractivity contribution in [1.82, 2.24) is 10.6 Å². The molecule has 0 bridgehead atoms. The van der Waals surface area contributed by atoms with E-state index in [1.54, 1.807) is 30.3 Å². The Morgan fingerprint density at radius 2 is 1.75 bits per heavy atom. The molecular weight excluding hydrogens is 304 g/mol. The number of nitrogens with two attached hydrogens (primary N) is 1. The average Bonchev–Trinajstić information content (AvgIpc) is 2.61. The summed E-state index contributed by atoms with van der Waals surface area (Å²) in [5.74, 6) is -1.06. The predicted octanol–water partition coefficient (Wildman–Crippen LogP) is 1.72. The Kier molecular flexibility index (Phi) is 5.70. The highest BCUT2D eigenvalue weighted by molar-refractivity contribution is 6.01. The molecular formula is C18H16N4O2. The van der Waals surface area contributed by atoms with Crippen molar-refractivity contribution in [2.24, 2.45) is 0 Å². The molecule has 0 spiro atoms. The van der Waals surface area contributed by atoms with Gasteiger partial charge in [-0.25, -0.2) is 0 Å². The van der Waals surface area contributed by atoms with Crippen LogP contribution in [0.15, 0.2) is 66.4 Å². The summed E-state index contributed by atoms with van der Waals surface area (Å²) in [6.45, 7) is 0.290. The third-order valence-corrected chi connectivity index (χ3v) is 3.21. The van der Waals surface area contributed by atoms with Gasteiger partial charge in [-0.3, -0.25) is 9.59 Å². The smallest absolute Gasteiger partial charge is 0.263 e. The van der Waals surface area contributed by atoms with E-state index in [9.17, 15) is 9.59 Å². The molecule has 0 radical (unpaired) electrons. The van der Waals surface area contributed by atoms with Gasteiger partial charge in [0.1, 0.15) is 11.6 Å². The van der Waals surface area contributed by atoms with Crippen LogP contribution in [0.3, 0.4) is 0 Å². The first kappa shape index (κ1) is 16.8. The van der Waals surface area contributed by atoms with Gasteiger partial charge in [-0.2, -0.15) is 5.26 Å². The summed E-state index contributed by atoms with van der Waals surface area (Å²) in [7, 11) is 0. The SMILES string of the molecule is N#C/C(=C/NC(=O)c1ccccc1N)C(=O)NCc1ccccc1. The maximum atomic E-state index is 12.0. The van der Waals surface area contributed by atoms with E-state index in [2.05, 4.69) is 10.6 Å². The van der Waals surface area contributed by atoms with Gasteiger partial charge in [0, 0.05) is 18.4 Å². The Morgan fingerprint density at radius 3 is 2.42 bits per heavy atom. The van der Waals surface area contributed by atoms with Crippen LogP contribution in [-0.4, -0.2) is 11.8 Å². The number of nitrogens with one attached hydrogen (secondary N) is 2. The van der Waals surface area contributed by atoms with Crippen molar-refractivity contribution in [3.8, 4) is 6.07 Å². The third kappa shape index (κ3) is 4.45. The number of benzene rings is 2. The lowest BCUT2D eigenvalue weighted by molar-refractivity contribution is -0.117. The highest BCUT2D eigenvalue weighted by Crippen LogP contribution is 2.10. The van der Waals surface area contributed by atoms with Crippen LogP contribution in [0.2, 0.25) is 0 Å². The number of hydrogen-bond acceptors (Lipinski definition) is 4. The van der Waals surface area contributed by atoms with E-state index in [-0.39, 0.29) is 17.7 Å². The van der Waals surface area contributed by atoms with Crippen LogP contribution in [0, 0.1) is 11.3 Å². The molecule has 120 valence electrons. The number of carbonyl (C=O) groups is 2. The molecule has 0 aliphatic heterocycles. The number of rotatable bonds is 5. The van der Waals surface area contributed by atoms with Crippen molar-refractivity contribution in [1.29, 1.82) is 5.26 Å². The second-order valence-electron chi connectivity index (χ2n) is 4.90. The summed E-state index contributed by atoms with van der Waals surface area (Å²) in [5.41, 5.74) is 7.00. The quantitative estimate of drug-likeness (QED) is 0.443. The van der Waals surface area contributed by atoms with Crippen molar-refractivity contribution in [3.63, 3.8) is 0 Å². The Bertz CT molecular complexity index is 807. The van der Waals surface area contributed by atoms with E-state index >= 15 is 0 Å². The second-order valence-corrected chi connectivity index (χ2v) is 4.90. The maximum Gasteiger partial charge on any atom is 0.263 e. The fourth-order valence-electron chi connectivity index (χ4n) is 1.94. The summed E-state index contributed by atoms with van der Waals surface area (Å²) in [5, 5.41) is 14.1. The zero-order valence-electron chi connectivity index (χ0n) is 12.8. The Hall–Kier alpha value is -3.59. The lowest BCUT2D eigenvalue weighted by atomic mass is 10.1. The molecule has 0 saturated heterocycles. The van der Waals surface area contributed by atoms with Gasteiger partial charge in [-0.05, 0) is 17.7 Å². The van der Waals surface area contributed by atoms with Gasteiger partial charge >= 0.3 is 0 Å². The molecule has 2 rings (SSSR count). The molecule has 0 aliphatic carbocycles. The minimum absolute atomic E-state index is 0.200. The van der Waals surface area contributed by atoms with Crippen molar-refractivity contribution in [2.75, 3.05) is 5.73 Å². The summed E-state index contributed by atoms with van der Waals surface area (Å²) in [6, 6.07) is 17.6. The van der Waals surface area contributed by atoms with Gasteiger partial charge < -0.3 is 16.4 Å². The van der Waals surface area contributed by atoms with Crippen molar-refractivity contribution in [2.45, 2.75) is 6.54 Å². The molecule has 2 aromatic carbocycles. The van der Waals surface area contributed by atoms with Gasteiger partial charge in [-0.15, -0.1) is 0 Å². The highest BCUT2D eigenvalue weighted by Gasteiger charge is 2.11. The number of amides is 2. The summed E-state index contributed by atoms with van der Waals surface area (Å²) in [6.07, 6.45) is 1.08. The van der Waals surface area contributed by atoms with Crippen LogP contribution in [-0.2, 0) is 11.3 Å². The molecule has 0 saturated carbocycles. The Labute approximate surface area is 139 Å². The molecule has 2 amide bonds. The normalized spacial score (nSPS) is 10.5. The number of anilines is 1. The molecule has 0 fully saturated rings. The molecule has 0 aliphatic rings. The van der Waals surface area contributed by atoms with Gasteiger partial charge in [0.25, 0.3) is 11.8 Å². The van der Waals surface area contributed by atoms with E-state index in [0.29, 0.717) is 5.69 Å². The predicted molar refractivity (Wildman–Crippen MR) is 90.3 cm³/mol. The van der Waals surface area contributed by atoms with Crippen LogP contribution in [0.1, 0.15) is 15.9 Å². The molecule has 6 heteroatoms. The number of hydrogen-bond donors (Lipinski definition) is 3. The molecule has 0 aromatic heterocycles. The van der Waals surface area contributed by atoms with E-state index in [0.717, 1.165) is 11.8 Å². The molecule has 0 unspecified atom stereocenters. The van der Waals surface area contributed by atoms with Crippen molar-refractivity contribution < 1.29 is 9.59 Å². The number of carbonyl (C=O) groups excluding carboxylic acids is 2. The zero-order chi connectivity index (χ0) is 17.4. The molecule has 2 aromatic rings. The monoisotopic (exact) mass is 320 g/mol. The van der Waals surface area contributed by atoms with Gasteiger partial charge in [0.05, 0.1) is 5.56 Å². The maximum absolute atomic E-state index is 12.0. The molecule has 4 N–H and O–H groups in total. The van der Waals surface area contributed by atoms with E-state index in [1.807, 2.05) is 30.3 Å². The van der Waals surface area contributed by atoms with E-state index in [4.69, 9.17) is 11.0 Å². The number of nitrogens with zero attached hydrogens (tertiary/aromatic N) is 1. The van der Waals surface area contributed by atoms with Crippen molar-refractivity contribution >= 4 is 17.5 Å². The zero-order valence-corrected chi connectivity index (χ0v) is 12.8. The first-order valence-corrected chi connectivity index (χ1v) is 7.19. The minimum Gasteiger partial charge on any atom is -0.398 e. The standard InChI is InChI=1S/C18H16N4O2/c19-10-14(17(23)21-11-13-6-2-1-3-7-13)12-22-18(24)15-8-4-5-9-16(15)20/h1-9,12H,11,20H2,(H,21,23)(H,22,24)/b14-12-. The van der Waals surface area contributed by atoms with Crippen LogP contribution >= 0.6 is 0 Å². The first-order chi connectivity index (χ1) is 11.6. The number of para-hydroxylation sites is 1. The van der Waals surface area contributed by atoms with Gasteiger partial charge in [0.2, 0.25) is 0 Å². The lowest BCUT2D eigenvalue weighted by Crippen LogP contribution is -2.26. The minimum atomic E-state index is -0.567. The fraction of sp³-hybridized carbons (Fsp3) is 0.0556. The average molecular weight is 320 g/mol. The third-order valence-electron chi connectivity index (χ3n) is 3.21. The number of nitrogen functional groups attached to an aromatic ring is 1.